The van der Waals surface area contributed by atoms with Gasteiger partial charge in [-0.15, -0.1) is 0 Å². The smallest absolute Gasteiger partial charge is 0.116 e. The highest BCUT2D eigenvalue weighted by Gasteiger charge is 2.54. The van der Waals surface area contributed by atoms with Crippen LogP contribution in [0.4, 0.5) is 0 Å². The molecule has 2 N–H and O–H groups in total. The zero-order valence-electron chi connectivity index (χ0n) is 10.9. The van der Waals surface area contributed by atoms with Gasteiger partial charge >= 0.3 is 0 Å². The maximum atomic E-state index is 10.4. The lowest BCUT2D eigenvalue weighted by molar-refractivity contribution is 0.138. The molecule has 2 bridgehead atoms. The summed E-state index contributed by atoms with van der Waals surface area (Å²) in [4.78, 5) is 0. The summed E-state index contributed by atoms with van der Waals surface area (Å²) >= 11 is 6.53. The third-order valence-corrected chi connectivity index (χ3v) is 5.91. The Kier molecular flexibility index (Phi) is 1.94. The Hall–Kier alpha value is -1.39. The van der Waals surface area contributed by atoms with Crippen LogP contribution in [0.25, 0.3) is 16.6 Å². The van der Waals surface area contributed by atoms with Crippen molar-refractivity contribution in [2.24, 2.45) is 11.3 Å². The van der Waals surface area contributed by atoms with Gasteiger partial charge in [-0.25, -0.2) is 0 Å². The molecule has 1 heterocycles. The minimum atomic E-state index is -0.485. The summed E-state index contributed by atoms with van der Waals surface area (Å²) in [5.41, 5.74) is 5.61. The minimum Gasteiger partial charge on any atom is -0.387 e. The molecular weight excluding hydrogens is 274 g/mol. The number of halogens is 1. The van der Waals surface area contributed by atoms with Crippen LogP contribution in [-0.2, 0) is 6.42 Å². The first-order chi connectivity index (χ1) is 9.70. The van der Waals surface area contributed by atoms with Gasteiger partial charge in [-0.05, 0) is 54.4 Å². The Balaban J connectivity index is 1.86. The van der Waals surface area contributed by atoms with Crippen LogP contribution in [0, 0.1) is 11.3 Å². The summed E-state index contributed by atoms with van der Waals surface area (Å²) in [6.07, 6.45) is 3.74. The van der Waals surface area contributed by atoms with Crippen molar-refractivity contribution in [3.8, 4) is 0 Å². The summed E-state index contributed by atoms with van der Waals surface area (Å²) in [5, 5.41) is 22.2. The van der Waals surface area contributed by atoms with E-state index in [-0.39, 0.29) is 5.41 Å². The number of aliphatic hydroxyl groups excluding tert-OH is 1. The summed E-state index contributed by atoms with van der Waals surface area (Å²) in [7, 11) is 0. The van der Waals surface area contributed by atoms with E-state index in [1.807, 2.05) is 6.07 Å². The Bertz CT molecular complexity index is 781. The maximum Gasteiger partial charge on any atom is 0.116 e. The molecule has 3 aliphatic carbocycles. The summed E-state index contributed by atoms with van der Waals surface area (Å²) in [5.74, 6) is 0.327. The lowest BCUT2D eigenvalue weighted by Crippen LogP contribution is -2.29. The number of benzene rings is 1. The molecule has 5 heteroatoms. The molecule has 1 aromatic heterocycles. The van der Waals surface area contributed by atoms with Crippen LogP contribution in [0.15, 0.2) is 17.2 Å². The van der Waals surface area contributed by atoms with Crippen LogP contribution in [-0.4, -0.2) is 26.6 Å². The standard InChI is InChI=1S/C15H14ClN3O/c16-12-11-8-1-2-10-13(18-19-17-10)9(8)6-15(11)4-3-7(5-15)14(12)20/h1-2,7,14,20H,3-6H2,(H,17,18,19)/t7-,14+,15-/m0/s1. The Morgan fingerprint density at radius 2 is 2.25 bits per heavy atom. The molecular formula is C15H14ClN3O. The highest BCUT2D eigenvalue weighted by molar-refractivity contribution is 6.34. The fourth-order valence-electron chi connectivity index (χ4n) is 4.66. The largest absolute Gasteiger partial charge is 0.387 e. The third-order valence-electron chi connectivity index (χ3n) is 5.50. The molecule has 0 unspecified atom stereocenters. The first-order valence-electron chi connectivity index (χ1n) is 7.11. The number of H-pyrrole nitrogens is 1. The third kappa shape index (κ3) is 1.14. The predicted molar refractivity (Wildman–Crippen MR) is 76.1 cm³/mol. The number of rotatable bonds is 0. The molecule has 0 radical (unpaired) electrons. The fraction of sp³-hybridized carbons (Fsp3) is 0.467. The van der Waals surface area contributed by atoms with E-state index < -0.39 is 6.10 Å². The van der Waals surface area contributed by atoms with Crippen molar-refractivity contribution < 1.29 is 5.11 Å². The quantitative estimate of drug-likeness (QED) is 0.783. The van der Waals surface area contributed by atoms with E-state index in [1.54, 1.807) is 0 Å². The minimum absolute atomic E-state index is 0.135. The van der Waals surface area contributed by atoms with Crippen molar-refractivity contribution >= 4 is 28.2 Å². The van der Waals surface area contributed by atoms with Gasteiger partial charge < -0.3 is 5.11 Å². The van der Waals surface area contributed by atoms with Crippen molar-refractivity contribution in [3.05, 3.63) is 28.3 Å². The second kappa shape index (κ2) is 3.43. The highest BCUT2D eigenvalue weighted by atomic mass is 35.5. The number of aromatic amines is 1. The number of nitrogens with zero attached hydrogens (tertiary/aromatic N) is 2. The van der Waals surface area contributed by atoms with Crippen LogP contribution >= 0.6 is 11.6 Å². The number of nitrogens with one attached hydrogen (secondary N) is 1. The van der Waals surface area contributed by atoms with Gasteiger partial charge in [-0.2, -0.15) is 15.4 Å². The molecule has 20 heavy (non-hydrogen) atoms. The molecule has 1 fully saturated rings. The molecule has 0 amide bonds. The molecule has 3 aliphatic rings. The van der Waals surface area contributed by atoms with Crippen LogP contribution in [0.3, 0.4) is 0 Å². The lowest BCUT2D eigenvalue weighted by Gasteiger charge is -2.33. The second-order valence-corrected chi connectivity index (χ2v) is 6.82. The average molecular weight is 288 g/mol. The van der Waals surface area contributed by atoms with Crippen molar-refractivity contribution in [1.29, 1.82) is 0 Å². The van der Waals surface area contributed by atoms with E-state index in [0.717, 1.165) is 36.7 Å². The first kappa shape index (κ1) is 11.3. The SMILES string of the molecule is O[C@H]1C(Cl)=C2c3ccc4n[nH]nc4c3C[C@@]23CC[C@H]1C3. The number of aliphatic hydroxyl groups is 1. The zero-order chi connectivity index (χ0) is 13.5. The maximum absolute atomic E-state index is 10.4. The first-order valence-corrected chi connectivity index (χ1v) is 7.48. The van der Waals surface area contributed by atoms with E-state index in [9.17, 15) is 5.11 Å². The van der Waals surface area contributed by atoms with Crippen molar-refractivity contribution in [2.45, 2.75) is 31.8 Å². The number of fused-ring (bicyclic) bond motifs is 5. The Morgan fingerprint density at radius 1 is 1.35 bits per heavy atom. The van der Waals surface area contributed by atoms with Crippen LogP contribution in [0.5, 0.6) is 0 Å². The summed E-state index contributed by atoms with van der Waals surface area (Å²) < 4.78 is 0. The van der Waals surface area contributed by atoms with Crippen LogP contribution < -0.4 is 0 Å². The van der Waals surface area contributed by atoms with Gasteiger partial charge in [0.05, 0.1) is 11.1 Å². The van der Waals surface area contributed by atoms with E-state index >= 15 is 0 Å². The van der Waals surface area contributed by atoms with Crippen LogP contribution in [0.2, 0.25) is 0 Å². The van der Waals surface area contributed by atoms with E-state index in [1.165, 1.54) is 16.7 Å². The molecule has 0 aliphatic heterocycles. The average Bonchev–Trinajstić information content (AvgIpc) is 3.11. The van der Waals surface area contributed by atoms with Gasteiger partial charge in [-0.1, -0.05) is 17.7 Å². The topological polar surface area (TPSA) is 61.8 Å². The number of hydrogen-bond donors (Lipinski definition) is 2. The molecule has 5 rings (SSSR count). The summed E-state index contributed by atoms with van der Waals surface area (Å²) in [6.45, 7) is 0. The number of hydrogen-bond acceptors (Lipinski definition) is 3. The van der Waals surface area contributed by atoms with Gasteiger partial charge in [0.15, 0.2) is 0 Å². The molecule has 4 nitrogen and oxygen atoms in total. The Labute approximate surface area is 120 Å². The molecule has 3 atom stereocenters. The molecule has 1 aromatic carbocycles. The molecule has 2 aromatic rings. The second-order valence-electron chi connectivity index (χ2n) is 6.41. The van der Waals surface area contributed by atoms with Gasteiger partial charge in [0.2, 0.25) is 0 Å². The molecule has 1 saturated carbocycles. The van der Waals surface area contributed by atoms with Crippen molar-refractivity contribution in [1.82, 2.24) is 15.4 Å². The molecule has 0 saturated heterocycles. The van der Waals surface area contributed by atoms with Gasteiger partial charge in [0.1, 0.15) is 11.0 Å². The normalized spacial score (nSPS) is 34.7. The molecule has 102 valence electrons. The van der Waals surface area contributed by atoms with E-state index in [0.29, 0.717) is 11.0 Å². The monoisotopic (exact) mass is 287 g/mol. The fourth-order valence-corrected chi connectivity index (χ4v) is 5.14. The van der Waals surface area contributed by atoms with Crippen molar-refractivity contribution in [3.63, 3.8) is 0 Å². The highest BCUT2D eigenvalue weighted by Crippen LogP contribution is 2.64. The zero-order valence-corrected chi connectivity index (χ0v) is 11.6. The number of aromatic nitrogens is 3. The van der Waals surface area contributed by atoms with Crippen LogP contribution in [0.1, 0.15) is 30.4 Å². The Morgan fingerprint density at radius 3 is 3.15 bits per heavy atom. The predicted octanol–water partition coefficient (Wildman–Crippen LogP) is 2.62. The number of allylic oxidation sites excluding steroid dienone is 1. The van der Waals surface area contributed by atoms with Gasteiger partial charge in [-0.3, -0.25) is 0 Å². The van der Waals surface area contributed by atoms with Gasteiger partial charge in [0, 0.05) is 5.41 Å². The lowest BCUT2D eigenvalue weighted by atomic mass is 9.74. The van der Waals surface area contributed by atoms with E-state index in [2.05, 4.69) is 21.5 Å². The summed E-state index contributed by atoms with van der Waals surface area (Å²) in [6, 6.07) is 4.08. The van der Waals surface area contributed by atoms with Crippen molar-refractivity contribution in [2.75, 3.05) is 0 Å². The molecule has 1 spiro atoms. The van der Waals surface area contributed by atoms with Gasteiger partial charge in [0.25, 0.3) is 0 Å². The van der Waals surface area contributed by atoms with E-state index in [4.69, 9.17) is 11.6 Å².